The number of likely N-dealkylation sites (N-methyl/N-ethyl adjacent to an activating group) is 5. The van der Waals surface area contributed by atoms with Gasteiger partial charge in [-0.25, -0.2) is 0 Å². The van der Waals surface area contributed by atoms with Gasteiger partial charge in [-0.2, -0.15) is 0 Å². The van der Waals surface area contributed by atoms with Crippen LogP contribution in [0.25, 0.3) is 0 Å². The lowest BCUT2D eigenvalue weighted by molar-refractivity contribution is -0.141. The summed E-state index contributed by atoms with van der Waals surface area (Å²) in [6.45, 7) is -0.599. The first kappa shape index (κ1) is 44.6. The third kappa shape index (κ3) is 18.2. The largest absolute Gasteiger partial charge is 0.480 e. The molecular formula is C28H46N10O11S. The van der Waals surface area contributed by atoms with Gasteiger partial charge in [0, 0.05) is 35.2 Å². The first-order chi connectivity index (χ1) is 23.2. The second-order valence-electron chi connectivity index (χ2n) is 11.2. The van der Waals surface area contributed by atoms with Crippen LogP contribution in [0.15, 0.2) is 0 Å². The number of amides is 9. The predicted molar refractivity (Wildman–Crippen MR) is 179 cm³/mol. The Balaban J connectivity index is 4.65. The highest BCUT2D eigenvalue weighted by Gasteiger charge is 2.25. The molecule has 9 amide bonds. The molecule has 2 atom stereocenters. The highest BCUT2D eigenvalue weighted by molar-refractivity contribution is 7.78. The van der Waals surface area contributed by atoms with Crippen LogP contribution in [0.3, 0.4) is 0 Å². The van der Waals surface area contributed by atoms with Gasteiger partial charge in [0.05, 0.1) is 51.3 Å². The smallest absolute Gasteiger partial charge is 0.322 e. The Bertz CT molecular complexity index is 1310. The van der Waals surface area contributed by atoms with Crippen LogP contribution in [0.5, 0.6) is 0 Å². The summed E-state index contributed by atoms with van der Waals surface area (Å²) in [5.74, 6) is -7.05. The molecule has 0 heterocycles. The van der Waals surface area contributed by atoms with Crippen LogP contribution >= 0.6 is 12.2 Å². The van der Waals surface area contributed by atoms with E-state index in [0.29, 0.717) is 0 Å². The Morgan fingerprint density at radius 3 is 1.48 bits per heavy atom. The molecular weight excluding hydrogens is 684 g/mol. The van der Waals surface area contributed by atoms with Crippen LogP contribution < -0.4 is 26.6 Å². The molecule has 50 heavy (non-hydrogen) atoms. The van der Waals surface area contributed by atoms with Gasteiger partial charge in [-0.1, -0.05) is 12.2 Å². The van der Waals surface area contributed by atoms with Gasteiger partial charge < -0.3 is 56.2 Å². The Hall–Kier alpha value is -5.41. The molecule has 0 rings (SSSR count). The van der Waals surface area contributed by atoms with Crippen LogP contribution in [0.1, 0.15) is 13.8 Å². The van der Waals surface area contributed by atoms with E-state index >= 15 is 0 Å². The minimum atomic E-state index is -1.25. The fourth-order valence-electron chi connectivity index (χ4n) is 3.62. The van der Waals surface area contributed by atoms with Gasteiger partial charge in [0.1, 0.15) is 18.6 Å². The third-order valence-corrected chi connectivity index (χ3v) is 6.91. The van der Waals surface area contributed by atoms with E-state index in [-0.39, 0.29) is 13.1 Å². The molecule has 280 valence electrons. The number of carboxylic acid groups (broad SMARTS) is 1. The number of aliphatic carboxylic acids is 1. The number of carbonyl (C=O) groups excluding carboxylic acids is 9. The predicted octanol–water partition coefficient (Wildman–Crippen LogP) is -5.85. The molecule has 0 aliphatic heterocycles. The van der Waals surface area contributed by atoms with Crippen molar-refractivity contribution in [2.45, 2.75) is 25.9 Å². The first-order valence-corrected chi connectivity index (χ1v) is 15.4. The summed E-state index contributed by atoms with van der Waals surface area (Å²) in [6, 6.07) is -2.23. The van der Waals surface area contributed by atoms with Crippen LogP contribution in [0.4, 0.5) is 0 Å². The van der Waals surface area contributed by atoms with Crippen molar-refractivity contribution in [3.63, 3.8) is 0 Å². The molecule has 0 saturated heterocycles. The summed E-state index contributed by atoms with van der Waals surface area (Å²) in [4.78, 5) is 126. The van der Waals surface area contributed by atoms with E-state index in [1.165, 1.54) is 52.4 Å². The van der Waals surface area contributed by atoms with Crippen LogP contribution in [0, 0.1) is 0 Å². The Morgan fingerprint density at radius 1 is 0.560 bits per heavy atom. The van der Waals surface area contributed by atoms with Gasteiger partial charge in [-0.3, -0.25) is 47.9 Å². The maximum atomic E-state index is 12.7. The number of carbonyl (C=O) groups is 10. The zero-order valence-corrected chi connectivity index (χ0v) is 29.9. The van der Waals surface area contributed by atoms with Crippen molar-refractivity contribution in [2.75, 3.05) is 87.6 Å². The van der Waals surface area contributed by atoms with Crippen molar-refractivity contribution in [3.8, 4) is 0 Å². The van der Waals surface area contributed by atoms with Crippen molar-refractivity contribution >= 4 is 76.8 Å². The molecule has 0 saturated carbocycles. The monoisotopic (exact) mass is 730 g/mol. The zero-order chi connectivity index (χ0) is 38.7. The minimum absolute atomic E-state index is 0.0495. The average molecular weight is 731 g/mol. The van der Waals surface area contributed by atoms with E-state index in [1.54, 1.807) is 7.05 Å². The lowest BCUT2D eigenvalue weighted by atomic mass is 10.2. The second-order valence-corrected chi connectivity index (χ2v) is 11.4. The van der Waals surface area contributed by atoms with Crippen molar-refractivity contribution in [1.29, 1.82) is 0 Å². The maximum absolute atomic E-state index is 12.7. The number of rotatable bonds is 21. The van der Waals surface area contributed by atoms with Gasteiger partial charge in [0.25, 0.3) is 0 Å². The van der Waals surface area contributed by atoms with Gasteiger partial charge in [0.2, 0.25) is 53.2 Å². The molecule has 0 radical (unpaired) electrons. The molecule has 0 fully saturated rings. The summed E-state index contributed by atoms with van der Waals surface area (Å²) in [7, 11) is 6.79. The number of nitrogens with zero attached hydrogens (tertiary/aromatic N) is 5. The number of carboxylic acids is 1. The van der Waals surface area contributed by atoms with Crippen molar-refractivity contribution < 1.29 is 53.1 Å². The van der Waals surface area contributed by atoms with Gasteiger partial charge in [0.15, 0.2) is 0 Å². The highest BCUT2D eigenvalue weighted by Crippen LogP contribution is 1.96. The third-order valence-electron chi connectivity index (χ3n) is 6.55. The molecule has 0 aromatic rings. The molecule has 0 bridgehead atoms. The van der Waals surface area contributed by atoms with Crippen LogP contribution in [-0.2, 0) is 47.9 Å². The van der Waals surface area contributed by atoms with Gasteiger partial charge in [-0.15, -0.1) is 0 Å². The molecule has 0 aromatic heterocycles. The highest BCUT2D eigenvalue weighted by atomic mass is 32.1. The lowest BCUT2D eigenvalue weighted by Gasteiger charge is -2.24. The fraction of sp³-hybridized carbons (Fsp3) is 0.607. The van der Waals surface area contributed by atoms with Crippen LogP contribution in [-0.4, -0.2) is 194 Å². The minimum Gasteiger partial charge on any atom is -0.480 e. The number of hydrogen-bond donors (Lipinski definition) is 6. The van der Waals surface area contributed by atoms with Crippen molar-refractivity contribution in [3.05, 3.63) is 0 Å². The van der Waals surface area contributed by atoms with E-state index in [2.05, 4.69) is 38.8 Å². The van der Waals surface area contributed by atoms with Gasteiger partial charge >= 0.3 is 5.97 Å². The molecule has 6 N–H and O–H groups in total. The Labute approximate surface area is 294 Å². The summed E-state index contributed by atoms with van der Waals surface area (Å²) in [5, 5.41) is 20.2. The van der Waals surface area contributed by atoms with Crippen LogP contribution in [0.2, 0.25) is 0 Å². The SMILES string of the molecule is CC(NC(=O)CN(C)C(=O)CNC(=O)CN(C)C=S)C(=O)NC(C)C(=O)N(C)CC(=O)NCC(=O)N(C)CC(=O)N(C)CC(=O)NCC(=O)O. The normalized spacial score (nSPS) is 11.3. The zero-order valence-electron chi connectivity index (χ0n) is 29.1. The van der Waals surface area contributed by atoms with Gasteiger partial charge in [-0.05, 0) is 13.8 Å². The summed E-state index contributed by atoms with van der Waals surface area (Å²) in [6.07, 6.45) is 0. The molecule has 0 aliphatic rings. The summed E-state index contributed by atoms with van der Waals surface area (Å²) in [5.41, 5.74) is 1.27. The van der Waals surface area contributed by atoms with Crippen molar-refractivity contribution in [2.24, 2.45) is 0 Å². The molecule has 0 aromatic carbocycles. The molecule has 21 nitrogen and oxygen atoms in total. The lowest BCUT2D eigenvalue weighted by Crippen LogP contribution is -2.54. The van der Waals surface area contributed by atoms with E-state index < -0.39 is 110 Å². The second kappa shape index (κ2) is 22.3. The van der Waals surface area contributed by atoms with E-state index in [1.807, 2.05) is 0 Å². The first-order valence-electron chi connectivity index (χ1n) is 14.9. The number of nitrogens with one attached hydrogen (secondary N) is 5. The molecule has 22 heteroatoms. The summed E-state index contributed by atoms with van der Waals surface area (Å²) >= 11 is 4.69. The summed E-state index contributed by atoms with van der Waals surface area (Å²) < 4.78 is 0. The Morgan fingerprint density at radius 2 is 0.980 bits per heavy atom. The molecule has 0 spiro atoms. The maximum Gasteiger partial charge on any atom is 0.322 e. The molecule has 0 aliphatic carbocycles. The van der Waals surface area contributed by atoms with E-state index in [9.17, 15) is 47.9 Å². The van der Waals surface area contributed by atoms with E-state index in [0.717, 1.165) is 19.6 Å². The number of hydrogen-bond acceptors (Lipinski definition) is 11. The van der Waals surface area contributed by atoms with E-state index in [4.69, 9.17) is 5.11 Å². The van der Waals surface area contributed by atoms with Crippen molar-refractivity contribution in [1.82, 2.24) is 51.1 Å². The number of thiocarbonyl (C=S) groups is 1. The average Bonchev–Trinajstić information content (AvgIpc) is 3.03. The fourth-order valence-corrected chi connectivity index (χ4v) is 3.69. The standard InChI is InChI=1S/C28H46N10O11S/c1-17(32-22(42)14-35(4)23(43)8-29-19(39)11-34(3)16-50)27(48)33-18(2)28(49)38(7)13-21(41)30-9-24(44)37(6)15-25(45)36(5)12-20(40)31-10-26(46)47/h16-18H,8-15H2,1-7H3,(H,29,39)(H,30,41)(H,31,40)(H,32,42)(H,33,48)(H,46,47). The Kier molecular flexibility index (Phi) is 19.9. The molecule has 2 unspecified atom stereocenters. The topological polar surface area (TPSA) is 267 Å². The quantitative estimate of drug-likeness (QED) is 0.0602.